The van der Waals surface area contributed by atoms with Gasteiger partial charge in [0, 0.05) is 13.2 Å². The largest absolute Gasteiger partial charge is 0.445 e. The second-order valence-corrected chi connectivity index (χ2v) is 9.52. The molecule has 17 heteroatoms. The molecule has 1 amide bonds. The third-order valence-corrected chi connectivity index (χ3v) is 6.83. The fraction of sp³-hybridized carbons (Fsp3) is 0.312. The first-order chi connectivity index (χ1) is 15.1. The summed E-state index contributed by atoms with van der Waals surface area (Å²) in [5, 5.41) is 5.25. The highest BCUT2D eigenvalue weighted by Crippen LogP contribution is 2.29. The average Bonchev–Trinajstić information content (AvgIpc) is 3.35. The van der Waals surface area contributed by atoms with Crippen molar-refractivity contribution in [3.05, 3.63) is 45.7 Å². The Morgan fingerprint density at radius 2 is 1.82 bits per heavy atom. The van der Waals surface area contributed by atoms with Crippen LogP contribution < -0.4 is 4.80 Å². The predicted molar refractivity (Wildman–Crippen MR) is 100 cm³/mol. The fourth-order valence-corrected chi connectivity index (χ4v) is 4.23. The van der Waals surface area contributed by atoms with Crippen molar-refractivity contribution in [2.24, 2.45) is 12.0 Å². The summed E-state index contributed by atoms with van der Waals surface area (Å²) in [7, 11) is -3.05. The van der Waals surface area contributed by atoms with Crippen LogP contribution in [0.2, 0.25) is 0 Å². The average molecular weight is 514 g/mol. The quantitative estimate of drug-likeness (QED) is 0.495. The molecule has 0 bridgehead atoms. The minimum atomic E-state index is -4.78. The van der Waals surface area contributed by atoms with E-state index in [0.717, 1.165) is 25.5 Å². The van der Waals surface area contributed by atoms with Gasteiger partial charge in [0.2, 0.25) is 9.81 Å². The lowest BCUT2D eigenvalue weighted by molar-refractivity contribution is -0.141. The van der Waals surface area contributed by atoms with Gasteiger partial charge in [0.1, 0.15) is 10.6 Å². The van der Waals surface area contributed by atoms with Crippen LogP contribution in [-0.2, 0) is 29.2 Å². The van der Waals surface area contributed by atoms with Crippen molar-refractivity contribution in [2.45, 2.75) is 24.2 Å². The van der Waals surface area contributed by atoms with Gasteiger partial charge in [-0.1, -0.05) is 18.3 Å². The fourth-order valence-electron chi connectivity index (χ4n) is 2.43. The van der Waals surface area contributed by atoms with Crippen LogP contribution in [0.25, 0.3) is 5.69 Å². The first-order valence-corrected chi connectivity index (χ1v) is 11.2. The number of aryl methyl sites for hydroxylation is 1. The van der Waals surface area contributed by atoms with Gasteiger partial charge in [0.15, 0.2) is 15.5 Å². The van der Waals surface area contributed by atoms with Crippen molar-refractivity contribution in [3.63, 3.8) is 0 Å². The number of carbonyl (C=O) groups is 1. The second kappa shape index (κ2) is 8.36. The van der Waals surface area contributed by atoms with E-state index in [1.807, 2.05) is 0 Å². The Bertz CT molecular complexity index is 1380. The number of rotatable bonds is 4. The molecule has 9 nitrogen and oxygen atoms in total. The molecule has 0 aromatic carbocycles. The van der Waals surface area contributed by atoms with Crippen LogP contribution in [0.4, 0.5) is 26.3 Å². The molecule has 0 unspecified atom stereocenters. The van der Waals surface area contributed by atoms with E-state index in [2.05, 4.69) is 20.2 Å². The first kappa shape index (κ1) is 24.6. The van der Waals surface area contributed by atoms with Crippen molar-refractivity contribution in [1.29, 1.82) is 0 Å². The van der Waals surface area contributed by atoms with Gasteiger partial charge >= 0.3 is 12.4 Å². The third-order valence-electron chi connectivity index (χ3n) is 4.05. The number of carbonyl (C=O) groups excluding carboxylic acids is 1. The van der Waals surface area contributed by atoms with E-state index in [0.29, 0.717) is 15.4 Å². The van der Waals surface area contributed by atoms with E-state index in [4.69, 9.17) is 0 Å². The molecule has 3 heterocycles. The standard InChI is InChI=1S/C16H12F6N6O3S2/c1-3-33(30,31)9-6-8(28-5-4-10(25-28)15(17,18)19)7-23-11(9)12(29)24-14-27(2)26-13(32-14)16(20,21)22/h4-7H,3H2,1-2H3. The van der Waals surface area contributed by atoms with Gasteiger partial charge in [-0.2, -0.15) is 41.5 Å². The number of nitrogens with zero attached hydrogens (tertiary/aromatic N) is 6. The van der Waals surface area contributed by atoms with Crippen LogP contribution in [-0.4, -0.2) is 44.6 Å². The maximum absolute atomic E-state index is 12.8. The molecule has 0 aliphatic heterocycles. The van der Waals surface area contributed by atoms with Gasteiger partial charge in [-0.3, -0.25) is 4.79 Å². The summed E-state index contributed by atoms with van der Waals surface area (Å²) in [6.45, 7) is 1.25. The predicted octanol–water partition coefficient (Wildman–Crippen LogP) is 2.63. The molecule has 3 rings (SSSR count). The van der Waals surface area contributed by atoms with Gasteiger partial charge in [-0.15, -0.1) is 0 Å². The van der Waals surface area contributed by atoms with E-state index < -0.39 is 59.9 Å². The maximum atomic E-state index is 12.8. The van der Waals surface area contributed by atoms with E-state index in [1.54, 1.807) is 0 Å². The minimum Gasteiger partial charge on any atom is -0.265 e. The van der Waals surface area contributed by atoms with Crippen molar-refractivity contribution >= 4 is 27.1 Å². The molecule has 178 valence electrons. The number of pyridine rings is 1. The molecule has 0 spiro atoms. The molecular weight excluding hydrogens is 502 g/mol. The van der Waals surface area contributed by atoms with Gasteiger partial charge in [0.05, 0.1) is 17.6 Å². The van der Waals surface area contributed by atoms with E-state index in [9.17, 15) is 39.6 Å². The Morgan fingerprint density at radius 1 is 1.15 bits per heavy atom. The lowest BCUT2D eigenvalue weighted by Crippen LogP contribution is -2.18. The third kappa shape index (κ3) is 5.13. The molecule has 0 fully saturated rings. The number of aromatic nitrogens is 5. The molecular formula is C16H12F6N6O3S2. The van der Waals surface area contributed by atoms with Crippen molar-refractivity contribution in [1.82, 2.24) is 24.5 Å². The van der Waals surface area contributed by atoms with E-state index in [1.165, 1.54) is 6.92 Å². The van der Waals surface area contributed by atoms with Crippen LogP contribution >= 0.6 is 11.3 Å². The number of amides is 1. The lowest BCUT2D eigenvalue weighted by Gasteiger charge is -2.09. The van der Waals surface area contributed by atoms with Gasteiger partial charge < -0.3 is 0 Å². The summed E-state index contributed by atoms with van der Waals surface area (Å²) >= 11 is 0.0551. The van der Waals surface area contributed by atoms with Gasteiger partial charge in [-0.05, 0) is 12.1 Å². The number of hydrogen-bond acceptors (Lipinski definition) is 7. The lowest BCUT2D eigenvalue weighted by atomic mass is 10.3. The van der Waals surface area contributed by atoms with E-state index >= 15 is 0 Å². The van der Waals surface area contributed by atoms with Crippen LogP contribution in [0.3, 0.4) is 0 Å². The topological polar surface area (TPSA) is 112 Å². The Labute approximate surface area is 184 Å². The number of halogens is 6. The molecule has 0 atom stereocenters. The van der Waals surface area contributed by atoms with Crippen LogP contribution in [0.15, 0.2) is 34.4 Å². The summed E-state index contributed by atoms with van der Waals surface area (Å²) in [6.07, 6.45) is -7.72. The summed E-state index contributed by atoms with van der Waals surface area (Å²) in [4.78, 5) is 18.7. The van der Waals surface area contributed by atoms with Crippen LogP contribution in [0, 0.1) is 0 Å². The Balaban J connectivity index is 2.12. The van der Waals surface area contributed by atoms with Crippen molar-refractivity contribution in [2.75, 3.05) is 5.75 Å². The molecule has 0 aliphatic carbocycles. The smallest absolute Gasteiger partial charge is 0.265 e. The summed E-state index contributed by atoms with van der Waals surface area (Å²) in [6, 6.07) is 1.54. The Hall–Kier alpha value is -3.08. The first-order valence-electron chi connectivity index (χ1n) is 8.70. The Morgan fingerprint density at radius 3 is 2.33 bits per heavy atom. The zero-order chi connectivity index (χ0) is 24.8. The Kier molecular flexibility index (Phi) is 6.22. The number of hydrogen-bond donors (Lipinski definition) is 0. The zero-order valence-electron chi connectivity index (χ0n) is 16.5. The van der Waals surface area contributed by atoms with Crippen molar-refractivity contribution < 1.29 is 39.6 Å². The number of sulfone groups is 1. The molecule has 0 saturated heterocycles. The molecule has 0 aliphatic rings. The van der Waals surface area contributed by atoms with E-state index in [-0.39, 0.29) is 17.0 Å². The maximum Gasteiger partial charge on any atom is 0.445 e. The number of alkyl halides is 6. The SMILES string of the molecule is CCS(=O)(=O)c1cc(-n2ccc(C(F)(F)F)n2)cnc1C(=O)N=c1sc(C(F)(F)F)nn1C. The summed E-state index contributed by atoms with van der Waals surface area (Å²) < 4.78 is 103. The highest BCUT2D eigenvalue weighted by atomic mass is 32.2. The molecule has 3 aromatic rings. The monoisotopic (exact) mass is 514 g/mol. The molecule has 0 N–H and O–H groups in total. The normalized spacial score (nSPS) is 13.5. The highest BCUT2D eigenvalue weighted by molar-refractivity contribution is 7.91. The molecule has 0 saturated carbocycles. The summed E-state index contributed by atoms with van der Waals surface area (Å²) in [5.41, 5.74) is -2.15. The zero-order valence-corrected chi connectivity index (χ0v) is 18.1. The summed E-state index contributed by atoms with van der Waals surface area (Å²) in [5.74, 6) is -1.78. The van der Waals surface area contributed by atoms with Crippen LogP contribution in [0.5, 0.6) is 0 Å². The van der Waals surface area contributed by atoms with Crippen LogP contribution in [0.1, 0.15) is 28.1 Å². The van der Waals surface area contributed by atoms with Crippen molar-refractivity contribution in [3.8, 4) is 5.69 Å². The van der Waals surface area contributed by atoms with Gasteiger partial charge in [0.25, 0.3) is 5.91 Å². The highest BCUT2D eigenvalue weighted by Gasteiger charge is 2.36. The molecule has 0 radical (unpaired) electrons. The molecule has 3 aromatic heterocycles. The second-order valence-electron chi connectivity index (χ2n) is 6.32. The van der Waals surface area contributed by atoms with Gasteiger partial charge in [-0.25, -0.2) is 22.8 Å². The molecule has 33 heavy (non-hydrogen) atoms. The minimum absolute atomic E-state index is 0.0551.